The van der Waals surface area contributed by atoms with Crippen molar-refractivity contribution in [1.82, 2.24) is 0 Å². The van der Waals surface area contributed by atoms with E-state index in [1.807, 2.05) is 0 Å². The average Bonchev–Trinajstić information content (AvgIpc) is 0.918. The minimum absolute atomic E-state index is 0. The molecule has 0 aliphatic heterocycles. The summed E-state index contributed by atoms with van der Waals surface area (Å²) in [6.07, 6.45) is 0. The molecule has 0 saturated heterocycles. The SMILES string of the molecule is [B]#[Zr]#[B].[Mn]. The van der Waals surface area contributed by atoms with E-state index in [0.717, 1.165) is 0 Å². The Morgan fingerprint density at radius 1 is 1.25 bits per heavy atom. The van der Waals surface area contributed by atoms with E-state index in [2.05, 4.69) is 0 Å². The van der Waals surface area contributed by atoms with Crippen LogP contribution in [0.3, 0.4) is 0 Å². The van der Waals surface area contributed by atoms with Gasteiger partial charge in [0.15, 0.2) is 0 Å². The minimum atomic E-state index is -0.770. The molecule has 0 atom stereocenters. The van der Waals surface area contributed by atoms with E-state index in [1.54, 1.807) is 0 Å². The predicted octanol–water partition coefficient (Wildman–Crippen LogP) is -0.767. The van der Waals surface area contributed by atoms with Crippen molar-refractivity contribution in [2.45, 2.75) is 0 Å². The van der Waals surface area contributed by atoms with Crippen LogP contribution in [0, 0.1) is 0 Å². The summed E-state index contributed by atoms with van der Waals surface area (Å²) in [7, 11) is 0. The first kappa shape index (κ1) is 9.11. The van der Waals surface area contributed by atoms with Gasteiger partial charge in [0.2, 0.25) is 0 Å². The Bertz CT molecular complexity index is 79.2. The van der Waals surface area contributed by atoms with Gasteiger partial charge in [-0.3, -0.25) is 0 Å². The van der Waals surface area contributed by atoms with E-state index in [4.69, 9.17) is 9.45 Å². The molecule has 0 saturated carbocycles. The van der Waals surface area contributed by atoms with Gasteiger partial charge in [0.25, 0.3) is 0 Å². The maximum absolute atomic E-state index is 4.80. The van der Waals surface area contributed by atoms with Crippen LogP contribution in [0.25, 0.3) is 0 Å². The largest absolute Gasteiger partial charge is 0 e. The van der Waals surface area contributed by atoms with Crippen molar-refractivity contribution < 1.29 is 38.4 Å². The zero-order chi connectivity index (χ0) is 2.71. The molecule has 0 aromatic heterocycles. The van der Waals surface area contributed by atoms with Crippen molar-refractivity contribution in [3.8, 4) is 0 Å². The Morgan fingerprint density at radius 3 is 1.25 bits per heavy atom. The van der Waals surface area contributed by atoms with Crippen LogP contribution >= 0.6 is 0 Å². The van der Waals surface area contributed by atoms with E-state index >= 15 is 0 Å². The van der Waals surface area contributed by atoms with Crippen LogP contribution in [-0.4, -0.2) is 9.45 Å². The second-order valence-corrected chi connectivity index (χ2v) is 0.986. The van der Waals surface area contributed by atoms with E-state index in [0.29, 0.717) is 0 Å². The summed E-state index contributed by atoms with van der Waals surface area (Å²) in [6.45, 7) is 0. The number of rotatable bonds is 0. The Balaban J connectivity index is 0. The van der Waals surface area contributed by atoms with Gasteiger partial charge in [0.1, 0.15) is 0 Å². The normalized spacial score (nSPS) is 6.00. The molecular weight excluding hydrogens is 168 g/mol. The first-order valence-electron chi connectivity index (χ1n) is 0.577. The molecule has 0 unspecified atom stereocenters. The van der Waals surface area contributed by atoms with E-state index in [1.165, 1.54) is 0 Å². The molecule has 0 bridgehead atoms. The van der Waals surface area contributed by atoms with Crippen molar-refractivity contribution in [2.24, 2.45) is 0 Å². The first-order chi connectivity index (χ1) is 1.41. The van der Waals surface area contributed by atoms with Crippen molar-refractivity contribution in [1.29, 1.82) is 0 Å². The van der Waals surface area contributed by atoms with Gasteiger partial charge in [-0.05, 0) is 0 Å². The van der Waals surface area contributed by atoms with Crippen LogP contribution in [0.5, 0.6) is 0 Å². The zero-order valence-corrected chi connectivity index (χ0v) is 5.67. The topological polar surface area (TPSA) is 0 Å². The van der Waals surface area contributed by atoms with E-state index < -0.39 is 21.3 Å². The smallest absolute Gasteiger partial charge is 0 e. The van der Waals surface area contributed by atoms with Crippen LogP contribution in [0.4, 0.5) is 0 Å². The van der Waals surface area contributed by atoms with Crippen LogP contribution in [0.15, 0.2) is 0 Å². The molecular formula is B2MnZr. The fraction of sp³-hybridized carbons (Fsp3) is 0. The third-order valence-corrected chi connectivity index (χ3v) is 0. The summed E-state index contributed by atoms with van der Waals surface area (Å²) in [6, 6.07) is 0. The molecule has 0 amide bonds. The van der Waals surface area contributed by atoms with Gasteiger partial charge in [0, 0.05) is 17.1 Å². The van der Waals surface area contributed by atoms with Crippen LogP contribution in [0.1, 0.15) is 0 Å². The molecule has 1 radical (unpaired) electrons. The molecule has 0 aliphatic rings. The third kappa shape index (κ3) is 9.65. The van der Waals surface area contributed by atoms with E-state index in [-0.39, 0.29) is 17.1 Å². The summed E-state index contributed by atoms with van der Waals surface area (Å²) in [5.41, 5.74) is 0. The number of hydrogen-bond acceptors (Lipinski definition) is 0. The maximum Gasteiger partial charge on any atom is 0 e. The third-order valence-electron chi connectivity index (χ3n) is 0. The first-order valence-corrected chi connectivity index (χ1v) is 3.42. The molecule has 0 N–H and O–H groups in total. The molecule has 0 nitrogen and oxygen atoms in total. The summed E-state index contributed by atoms with van der Waals surface area (Å²) in [5, 5.41) is 0. The second kappa shape index (κ2) is 8.82. The van der Waals surface area contributed by atoms with Crippen LogP contribution < -0.4 is 0 Å². The van der Waals surface area contributed by atoms with Crippen LogP contribution in [-0.2, 0) is 38.4 Å². The fourth-order valence-electron chi connectivity index (χ4n) is 0. The monoisotopic (exact) mass is 167 g/mol. The van der Waals surface area contributed by atoms with Crippen molar-refractivity contribution in [3.63, 3.8) is 0 Å². The maximum atomic E-state index is 4.80. The van der Waals surface area contributed by atoms with E-state index in [9.17, 15) is 0 Å². The zero-order valence-electron chi connectivity index (χ0n) is 2.03. The molecule has 17 valence electrons. The molecule has 0 heterocycles. The second-order valence-electron chi connectivity index (χ2n) is 0.167. The summed E-state index contributed by atoms with van der Waals surface area (Å²) >= 11 is -0.770. The van der Waals surface area contributed by atoms with Gasteiger partial charge < -0.3 is 0 Å². The Kier molecular flexibility index (Phi) is 20.1. The minimum Gasteiger partial charge on any atom is 0 e. The molecule has 0 rings (SSSR count). The van der Waals surface area contributed by atoms with Gasteiger partial charge in [-0.1, -0.05) is 0 Å². The van der Waals surface area contributed by atoms with Crippen molar-refractivity contribution in [3.05, 3.63) is 0 Å². The summed E-state index contributed by atoms with van der Waals surface area (Å²) in [4.78, 5) is 0. The Labute approximate surface area is 47.6 Å². The number of hydrogen-bond donors (Lipinski definition) is 0. The van der Waals surface area contributed by atoms with Crippen molar-refractivity contribution >= 4 is 9.45 Å². The molecule has 4 heavy (non-hydrogen) atoms. The van der Waals surface area contributed by atoms with Crippen molar-refractivity contribution in [2.75, 3.05) is 0 Å². The van der Waals surface area contributed by atoms with Gasteiger partial charge in [0.05, 0.1) is 0 Å². The Morgan fingerprint density at radius 2 is 1.25 bits per heavy atom. The molecule has 0 aromatic carbocycles. The molecule has 0 aliphatic carbocycles. The summed E-state index contributed by atoms with van der Waals surface area (Å²) < 4.78 is 9.59. The van der Waals surface area contributed by atoms with Gasteiger partial charge in [-0.2, -0.15) is 0 Å². The fourth-order valence-corrected chi connectivity index (χ4v) is 0. The Hall–Kier alpha value is 1.53. The van der Waals surface area contributed by atoms with Gasteiger partial charge in [-0.15, -0.1) is 0 Å². The molecule has 0 aromatic rings. The predicted molar refractivity (Wildman–Crippen MR) is 11.5 cm³/mol. The van der Waals surface area contributed by atoms with Gasteiger partial charge in [-0.25, -0.2) is 0 Å². The molecule has 0 fully saturated rings. The van der Waals surface area contributed by atoms with Gasteiger partial charge >= 0.3 is 30.8 Å². The summed E-state index contributed by atoms with van der Waals surface area (Å²) in [5.74, 6) is 0. The standard InChI is InChI=1S/2B.Mn.Zr. The van der Waals surface area contributed by atoms with Crippen LogP contribution in [0.2, 0.25) is 0 Å². The quantitative estimate of drug-likeness (QED) is 0.416. The molecule has 0 spiro atoms. The average molecular weight is 168 g/mol. The molecule has 4 heteroatoms.